The van der Waals surface area contributed by atoms with Crippen molar-refractivity contribution < 1.29 is 5.11 Å². The largest absolute Gasteiger partial charge is 0.395 e. The third kappa shape index (κ3) is 2.07. The van der Waals surface area contributed by atoms with Crippen molar-refractivity contribution in [3.05, 3.63) is 28.5 Å². The van der Waals surface area contributed by atoms with E-state index < -0.39 is 5.41 Å². The van der Waals surface area contributed by atoms with Gasteiger partial charge in [0.15, 0.2) is 0 Å². The molecule has 0 saturated heterocycles. The van der Waals surface area contributed by atoms with Crippen LogP contribution in [0.4, 0.5) is 0 Å². The van der Waals surface area contributed by atoms with Crippen molar-refractivity contribution in [1.29, 1.82) is 0 Å². The van der Waals surface area contributed by atoms with Crippen LogP contribution in [0.5, 0.6) is 0 Å². The minimum absolute atomic E-state index is 0.000880. The summed E-state index contributed by atoms with van der Waals surface area (Å²) < 4.78 is 0.886. The smallest absolute Gasteiger partial charge is 0.0639 e. The molecule has 1 aromatic heterocycles. The van der Waals surface area contributed by atoms with E-state index in [1.54, 1.807) is 6.20 Å². The Morgan fingerprint density at radius 2 is 2.38 bits per heavy atom. The number of aliphatic hydroxyl groups is 1. The second-order valence-corrected chi connectivity index (χ2v) is 4.11. The Kier molecular flexibility index (Phi) is 3.41. The molecular weight excluding hydrogens is 232 g/mol. The number of nitrogens with two attached hydrogens (primary N) is 1. The second kappa shape index (κ2) is 4.17. The summed E-state index contributed by atoms with van der Waals surface area (Å²) in [5, 5.41) is 9.22. The molecule has 0 saturated carbocycles. The van der Waals surface area contributed by atoms with Crippen molar-refractivity contribution in [3.63, 3.8) is 0 Å². The molecule has 0 amide bonds. The highest BCUT2D eigenvalue weighted by molar-refractivity contribution is 9.10. The van der Waals surface area contributed by atoms with Gasteiger partial charge in [0.05, 0.1) is 12.3 Å². The molecule has 1 rings (SSSR count). The van der Waals surface area contributed by atoms with Crippen molar-refractivity contribution in [3.8, 4) is 0 Å². The number of aliphatic hydroxyl groups excluding tert-OH is 1. The number of pyridine rings is 1. The fraction of sp³-hybridized carbons (Fsp3) is 0.444. The fourth-order valence-corrected chi connectivity index (χ4v) is 1.80. The van der Waals surface area contributed by atoms with Crippen molar-refractivity contribution in [2.24, 2.45) is 5.73 Å². The molecular formula is C9H13BrN2O. The maximum absolute atomic E-state index is 9.22. The van der Waals surface area contributed by atoms with E-state index in [9.17, 15) is 5.11 Å². The molecule has 0 spiro atoms. The van der Waals surface area contributed by atoms with E-state index in [0.717, 1.165) is 10.2 Å². The van der Waals surface area contributed by atoms with Gasteiger partial charge in [0.1, 0.15) is 0 Å². The number of hydrogen-bond acceptors (Lipinski definition) is 3. The monoisotopic (exact) mass is 244 g/mol. The molecule has 0 aliphatic heterocycles. The van der Waals surface area contributed by atoms with Gasteiger partial charge >= 0.3 is 0 Å². The first-order valence-corrected chi connectivity index (χ1v) is 4.85. The van der Waals surface area contributed by atoms with Gasteiger partial charge in [0.25, 0.3) is 0 Å². The molecule has 1 unspecified atom stereocenters. The third-order valence-electron chi connectivity index (χ3n) is 2.13. The van der Waals surface area contributed by atoms with Gasteiger partial charge in [-0.2, -0.15) is 0 Å². The van der Waals surface area contributed by atoms with Crippen LogP contribution in [0.3, 0.4) is 0 Å². The summed E-state index contributed by atoms with van der Waals surface area (Å²) in [6.45, 7) is 2.26. The summed E-state index contributed by atoms with van der Waals surface area (Å²) in [6.07, 6.45) is 1.70. The zero-order chi connectivity index (χ0) is 9.90. The molecule has 0 aliphatic rings. The maximum Gasteiger partial charge on any atom is 0.0639 e. The number of nitrogens with zero attached hydrogens (tertiary/aromatic N) is 1. The summed E-state index contributed by atoms with van der Waals surface area (Å²) in [7, 11) is 0. The van der Waals surface area contributed by atoms with Crippen LogP contribution in [0, 0.1) is 0 Å². The number of hydrogen-bond donors (Lipinski definition) is 2. The third-order valence-corrected chi connectivity index (χ3v) is 2.77. The van der Waals surface area contributed by atoms with Crippen LogP contribution in [0.25, 0.3) is 0 Å². The van der Waals surface area contributed by atoms with Crippen LogP contribution in [0.1, 0.15) is 12.6 Å². The minimum Gasteiger partial charge on any atom is -0.395 e. The predicted octanol–water partition coefficient (Wildman–Crippen LogP) is 1.05. The zero-order valence-electron chi connectivity index (χ0n) is 7.50. The van der Waals surface area contributed by atoms with Gasteiger partial charge < -0.3 is 10.8 Å². The molecule has 0 bridgehead atoms. The molecule has 1 atom stereocenters. The van der Waals surface area contributed by atoms with Crippen molar-refractivity contribution in [2.75, 3.05) is 13.2 Å². The second-order valence-electron chi connectivity index (χ2n) is 3.26. The van der Waals surface area contributed by atoms with Crippen LogP contribution < -0.4 is 5.73 Å². The van der Waals surface area contributed by atoms with E-state index in [2.05, 4.69) is 20.9 Å². The number of aromatic nitrogens is 1. The molecule has 0 aromatic carbocycles. The lowest BCUT2D eigenvalue weighted by molar-refractivity contribution is 0.206. The molecule has 72 valence electrons. The predicted molar refractivity (Wildman–Crippen MR) is 55.4 cm³/mol. The fourth-order valence-electron chi connectivity index (χ4n) is 1.07. The van der Waals surface area contributed by atoms with Gasteiger partial charge in [-0.15, -0.1) is 0 Å². The highest BCUT2D eigenvalue weighted by atomic mass is 79.9. The van der Waals surface area contributed by atoms with E-state index in [0.29, 0.717) is 6.54 Å². The van der Waals surface area contributed by atoms with Crippen molar-refractivity contribution in [2.45, 2.75) is 12.3 Å². The molecule has 3 N–H and O–H groups in total. The van der Waals surface area contributed by atoms with Crippen molar-refractivity contribution >= 4 is 15.9 Å². The molecule has 13 heavy (non-hydrogen) atoms. The lowest BCUT2D eigenvalue weighted by Crippen LogP contribution is -2.36. The Balaban J connectivity index is 3.12. The first kappa shape index (κ1) is 10.6. The SMILES string of the molecule is CC(CN)(CO)c1ncccc1Br. The Morgan fingerprint density at radius 3 is 2.85 bits per heavy atom. The minimum atomic E-state index is -0.458. The lowest BCUT2D eigenvalue weighted by Gasteiger charge is -2.25. The van der Waals surface area contributed by atoms with Crippen LogP contribution >= 0.6 is 15.9 Å². The Hall–Kier alpha value is -0.450. The average molecular weight is 245 g/mol. The zero-order valence-corrected chi connectivity index (χ0v) is 9.08. The summed E-state index contributed by atoms with van der Waals surface area (Å²) in [6, 6.07) is 3.73. The van der Waals surface area contributed by atoms with E-state index in [1.807, 2.05) is 19.1 Å². The molecule has 1 aromatic rings. The van der Waals surface area contributed by atoms with Crippen LogP contribution in [-0.4, -0.2) is 23.2 Å². The number of halogens is 1. The van der Waals surface area contributed by atoms with E-state index in [-0.39, 0.29) is 6.61 Å². The van der Waals surface area contributed by atoms with Gasteiger partial charge in [-0.3, -0.25) is 4.98 Å². The molecule has 1 heterocycles. The normalized spacial score (nSPS) is 15.4. The van der Waals surface area contributed by atoms with Crippen LogP contribution in [0.15, 0.2) is 22.8 Å². The molecule has 0 fully saturated rings. The van der Waals surface area contributed by atoms with E-state index in [1.165, 1.54) is 0 Å². The van der Waals surface area contributed by atoms with E-state index >= 15 is 0 Å². The van der Waals surface area contributed by atoms with E-state index in [4.69, 9.17) is 5.73 Å². The quantitative estimate of drug-likeness (QED) is 0.836. The summed E-state index contributed by atoms with van der Waals surface area (Å²) >= 11 is 3.38. The Labute approximate surface area is 86.1 Å². The summed E-state index contributed by atoms with van der Waals surface area (Å²) in [5.41, 5.74) is 5.94. The average Bonchev–Trinajstić information content (AvgIpc) is 2.17. The first-order chi connectivity index (χ1) is 6.14. The van der Waals surface area contributed by atoms with Gasteiger partial charge in [-0.1, -0.05) is 6.92 Å². The number of rotatable bonds is 3. The molecule has 3 nitrogen and oxygen atoms in total. The Morgan fingerprint density at radius 1 is 1.69 bits per heavy atom. The Bertz CT molecular complexity index is 287. The topological polar surface area (TPSA) is 59.1 Å². The summed E-state index contributed by atoms with van der Waals surface area (Å²) in [4.78, 5) is 4.21. The standard InChI is InChI=1S/C9H13BrN2O/c1-9(5-11,6-13)8-7(10)3-2-4-12-8/h2-4,13H,5-6,11H2,1H3. The van der Waals surface area contributed by atoms with Crippen LogP contribution in [-0.2, 0) is 5.41 Å². The van der Waals surface area contributed by atoms with Gasteiger partial charge in [-0.25, -0.2) is 0 Å². The summed E-state index contributed by atoms with van der Waals surface area (Å²) in [5.74, 6) is 0. The highest BCUT2D eigenvalue weighted by Crippen LogP contribution is 2.26. The van der Waals surface area contributed by atoms with Crippen LogP contribution in [0.2, 0.25) is 0 Å². The van der Waals surface area contributed by atoms with Gasteiger partial charge in [0, 0.05) is 22.6 Å². The van der Waals surface area contributed by atoms with Crippen molar-refractivity contribution in [1.82, 2.24) is 4.98 Å². The maximum atomic E-state index is 9.22. The van der Waals surface area contributed by atoms with Gasteiger partial charge in [-0.05, 0) is 28.1 Å². The highest BCUT2D eigenvalue weighted by Gasteiger charge is 2.27. The molecule has 0 radical (unpaired) electrons. The molecule has 4 heteroatoms. The first-order valence-electron chi connectivity index (χ1n) is 4.06. The van der Waals surface area contributed by atoms with Gasteiger partial charge in [0.2, 0.25) is 0 Å². The molecule has 0 aliphatic carbocycles. The lowest BCUT2D eigenvalue weighted by atomic mass is 9.87.